The number of ether oxygens (including phenoxy) is 2. The van der Waals surface area contributed by atoms with E-state index in [2.05, 4.69) is 63.5 Å². The minimum Gasteiger partial charge on any atom is -0.462 e. The molecular weight excluding hydrogens is 825 g/mol. The molecule has 4 aliphatic rings. The summed E-state index contributed by atoms with van der Waals surface area (Å²) in [5.41, 5.74) is 2.40. The summed E-state index contributed by atoms with van der Waals surface area (Å²) in [6, 6.07) is 0. The number of fused-ring (bicyclic) bond motifs is 5. The Morgan fingerprint density at radius 2 is 1.43 bits per heavy atom. The third-order valence-electron chi connectivity index (χ3n) is 16.9. The summed E-state index contributed by atoms with van der Waals surface area (Å²) in [5, 5.41) is 0.195. The molecule has 0 aromatic carbocycles. The number of rotatable bonds is 32. The quantitative estimate of drug-likeness (QED) is 0.0378. The predicted molar refractivity (Wildman–Crippen MR) is 275 cm³/mol. The van der Waals surface area contributed by atoms with Crippen LogP contribution in [0.3, 0.4) is 0 Å². The Morgan fingerprint density at radius 3 is 2.12 bits per heavy atom. The van der Waals surface area contributed by atoms with Crippen LogP contribution in [-0.2, 0) is 19.1 Å². The molecule has 0 bridgehead atoms. The smallest absolute Gasteiger partial charge is 0.306 e. The molecule has 0 radical (unpaired) electrons. The number of allylic oxidation sites excluding steroid dienone is 2. The number of esters is 2. The van der Waals surface area contributed by atoms with Crippen molar-refractivity contribution in [1.29, 1.82) is 0 Å². The van der Waals surface area contributed by atoms with Crippen LogP contribution >= 0.6 is 11.8 Å². The van der Waals surface area contributed by atoms with Crippen LogP contribution in [0.1, 0.15) is 221 Å². The highest BCUT2D eigenvalue weighted by Gasteiger charge is 2.59. The number of carbonyl (C=O) groups is 3. The maximum Gasteiger partial charge on any atom is 0.306 e. The van der Waals surface area contributed by atoms with Gasteiger partial charge >= 0.3 is 11.9 Å². The van der Waals surface area contributed by atoms with Gasteiger partial charge < -0.3 is 19.3 Å². The van der Waals surface area contributed by atoms with Crippen molar-refractivity contribution in [3.8, 4) is 0 Å². The Labute approximate surface area is 404 Å². The summed E-state index contributed by atoms with van der Waals surface area (Å²) in [4.78, 5) is 42.6. The Hall–Kier alpha value is -1.80. The summed E-state index contributed by atoms with van der Waals surface area (Å²) in [7, 11) is 4.10. The van der Waals surface area contributed by atoms with Gasteiger partial charge in [0.2, 0.25) is 0 Å². The highest BCUT2D eigenvalue weighted by atomic mass is 32.2. The Kier molecular flexibility index (Phi) is 25.7. The summed E-state index contributed by atoms with van der Waals surface area (Å²) < 4.78 is 11.6. The Morgan fingerprint density at radius 1 is 0.754 bits per heavy atom. The van der Waals surface area contributed by atoms with Gasteiger partial charge in [0.15, 0.2) is 0 Å². The number of unbranched alkanes of at least 4 members (excludes halogenated alkanes) is 12. The fourth-order valence-electron chi connectivity index (χ4n) is 13.0. The molecule has 0 aliphatic heterocycles. The average molecular weight is 926 g/mol. The number of hydrogen-bond donors (Lipinski definition) is 0. The molecule has 1 unspecified atom stereocenters. The van der Waals surface area contributed by atoms with Crippen LogP contribution in [0, 0.1) is 46.3 Å². The van der Waals surface area contributed by atoms with Crippen LogP contribution in [0.25, 0.3) is 0 Å². The van der Waals surface area contributed by atoms with Gasteiger partial charge in [0.1, 0.15) is 12.7 Å². The molecule has 4 rings (SSSR count). The molecule has 0 heterocycles. The summed E-state index contributed by atoms with van der Waals surface area (Å²) in [6.45, 7) is 17.7. The molecule has 3 fully saturated rings. The number of hydrogen-bond acceptors (Lipinski definition) is 7. The van der Waals surface area contributed by atoms with E-state index in [9.17, 15) is 14.4 Å². The third-order valence-corrected chi connectivity index (χ3v) is 17.8. The van der Waals surface area contributed by atoms with Crippen molar-refractivity contribution in [3.05, 3.63) is 23.8 Å². The Balaban J connectivity index is 1.08. The number of amides is 1. The van der Waals surface area contributed by atoms with Gasteiger partial charge in [-0.15, -0.1) is 0 Å². The molecule has 4 aliphatic carbocycles. The topological polar surface area (TPSA) is 76.1 Å². The van der Waals surface area contributed by atoms with Crippen LogP contribution in [0.2, 0.25) is 0 Å². The average Bonchev–Trinajstić information content (AvgIpc) is 3.63. The molecule has 0 saturated heterocycles. The standard InChI is InChI=1S/C57H100N2O5S/c1-9-10-11-12-13-20-25-42-63-53(60)29-21-16-14-18-23-39-59(55(62)65-43-41-58(7)8)40-24-19-15-17-22-30-54(61)64-48-35-37-56(5)47(44-48)31-32-49-51-34-33-50(46(4)28-26-27-45(2)3)57(51,6)38-36-52(49)56/h20,25,31,45-46,48-52H,9-19,21-24,26-30,32-44H2,1-8H3/t46-,48+,49+,50?,51+,52+,56+,57-/m1/s1. The molecule has 65 heavy (non-hydrogen) atoms. The normalized spacial score (nSPS) is 26.7. The summed E-state index contributed by atoms with van der Waals surface area (Å²) in [5.74, 6) is 5.76. The summed E-state index contributed by atoms with van der Waals surface area (Å²) in [6.07, 6.45) is 38.1. The SMILES string of the molecule is CCCCCCC=CCOC(=O)CCCCCCCN(CCCCCCCC(=O)O[C@H]1CC[C@@]2(C)C(=CC[C@@H]3[C@@H]2CC[C@]2(C)C([C@H](C)CCCC(C)C)CC[C@@H]32)C1)C(=O)SCCN(C)C. The zero-order valence-electron chi connectivity index (χ0n) is 43.5. The highest BCUT2D eigenvalue weighted by molar-refractivity contribution is 8.13. The first-order chi connectivity index (χ1) is 31.3. The van der Waals surface area contributed by atoms with Gasteiger partial charge in [0, 0.05) is 44.6 Å². The van der Waals surface area contributed by atoms with Crippen molar-refractivity contribution < 1.29 is 23.9 Å². The van der Waals surface area contributed by atoms with E-state index >= 15 is 0 Å². The van der Waals surface area contributed by atoms with Crippen molar-refractivity contribution in [2.24, 2.45) is 46.3 Å². The maximum atomic E-state index is 13.2. The molecule has 1 amide bonds. The minimum atomic E-state index is -0.102. The van der Waals surface area contributed by atoms with E-state index in [4.69, 9.17) is 9.47 Å². The molecule has 374 valence electrons. The maximum absolute atomic E-state index is 13.2. The van der Waals surface area contributed by atoms with Crippen LogP contribution in [0.4, 0.5) is 4.79 Å². The van der Waals surface area contributed by atoms with Crippen LogP contribution in [0.15, 0.2) is 23.8 Å². The molecule has 0 aromatic heterocycles. The van der Waals surface area contributed by atoms with Gasteiger partial charge in [-0.2, -0.15) is 0 Å². The van der Waals surface area contributed by atoms with Gasteiger partial charge in [-0.25, -0.2) is 0 Å². The van der Waals surface area contributed by atoms with Crippen LogP contribution in [-0.4, -0.2) is 79.2 Å². The zero-order valence-corrected chi connectivity index (χ0v) is 44.3. The number of nitrogens with zero attached hydrogens (tertiary/aromatic N) is 2. The zero-order chi connectivity index (χ0) is 47.1. The fourth-order valence-corrected chi connectivity index (χ4v) is 14.0. The number of thioether (sulfide) groups is 1. The van der Waals surface area contributed by atoms with Crippen molar-refractivity contribution in [2.75, 3.05) is 46.1 Å². The lowest BCUT2D eigenvalue weighted by atomic mass is 9.47. The van der Waals surface area contributed by atoms with Gasteiger partial charge in [-0.1, -0.05) is 154 Å². The van der Waals surface area contributed by atoms with E-state index in [1.807, 2.05) is 20.2 Å². The molecule has 0 spiro atoms. The second-order valence-corrected chi connectivity index (χ2v) is 23.6. The van der Waals surface area contributed by atoms with E-state index in [0.717, 1.165) is 144 Å². The van der Waals surface area contributed by atoms with Crippen molar-refractivity contribution in [2.45, 2.75) is 227 Å². The van der Waals surface area contributed by atoms with Gasteiger partial charge in [-0.3, -0.25) is 14.4 Å². The first kappa shape index (κ1) is 55.8. The second kappa shape index (κ2) is 29.9. The number of carbonyl (C=O) groups excluding carboxylic acids is 3. The van der Waals surface area contributed by atoms with E-state index in [1.54, 1.807) is 5.57 Å². The molecule has 3 saturated carbocycles. The van der Waals surface area contributed by atoms with E-state index in [-0.39, 0.29) is 28.7 Å². The lowest BCUT2D eigenvalue weighted by Gasteiger charge is -2.58. The molecule has 0 aromatic rings. The summed E-state index contributed by atoms with van der Waals surface area (Å²) >= 11 is 1.44. The van der Waals surface area contributed by atoms with Gasteiger partial charge in [0.25, 0.3) is 5.24 Å². The van der Waals surface area contributed by atoms with Crippen molar-refractivity contribution >= 4 is 28.9 Å². The lowest BCUT2D eigenvalue weighted by Crippen LogP contribution is -2.51. The van der Waals surface area contributed by atoms with Crippen molar-refractivity contribution in [1.82, 2.24) is 9.80 Å². The van der Waals surface area contributed by atoms with E-state index < -0.39 is 0 Å². The van der Waals surface area contributed by atoms with E-state index in [1.165, 1.54) is 95.2 Å². The third kappa shape index (κ3) is 18.6. The largest absolute Gasteiger partial charge is 0.462 e. The monoisotopic (exact) mass is 925 g/mol. The predicted octanol–water partition coefficient (Wildman–Crippen LogP) is 15.4. The van der Waals surface area contributed by atoms with Gasteiger partial charge in [0.05, 0.1) is 0 Å². The Bertz CT molecular complexity index is 1450. The molecule has 7 nitrogen and oxygen atoms in total. The second-order valence-electron chi connectivity index (χ2n) is 22.6. The van der Waals surface area contributed by atoms with Gasteiger partial charge in [-0.05, 0) is 144 Å². The van der Waals surface area contributed by atoms with Crippen LogP contribution in [0.5, 0.6) is 0 Å². The first-order valence-corrected chi connectivity index (χ1v) is 28.5. The lowest BCUT2D eigenvalue weighted by molar-refractivity contribution is -0.151. The fraction of sp³-hybridized carbons (Fsp3) is 0.877. The highest BCUT2D eigenvalue weighted by Crippen LogP contribution is 2.67. The molecule has 8 atom stereocenters. The van der Waals surface area contributed by atoms with Crippen LogP contribution < -0.4 is 0 Å². The molecule has 8 heteroatoms. The molecule has 0 N–H and O–H groups in total. The van der Waals surface area contributed by atoms with E-state index in [0.29, 0.717) is 24.9 Å². The van der Waals surface area contributed by atoms with Crippen molar-refractivity contribution in [3.63, 3.8) is 0 Å². The minimum absolute atomic E-state index is 0.0106. The first-order valence-electron chi connectivity index (χ1n) is 27.5. The molecular formula is C57H100N2O5S.